The highest BCUT2D eigenvalue weighted by Gasteiger charge is 2.93. The lowest BCUT2D eigenvalue weighted by atomic mass is 11.3. The van der Waals surface area contributed by atoms with Crippen LogP contribution in [0.25, 0.3) is 0 Å². The maximum Gasteiger partial charge on any atom is 0.420 e. The monoisotopic (exact) mass is 1040 g/mol. The zero-order valence-electron chi connectivity index (χ0n) is 28.5. The van der Waals surface area contributed by atoms with Crippen molar-refractivity contribution in [3.05, 3.63) is 12.3 Å². The van der Waals surface area contributed by atoms with Gasteiger partial charge in [-0.05, 0) is 52.4 Å². The van der Waals surface area contributed by atoms with Crippen LogP contribution in [-0.2, 0) is 33.2 Å². The molecule has 0 aromatic carbocycles. The second-order valence-electron chi connectivity index (χ2n) is 12.1. The van der Waals surface area contributed by atoms with E-state index in [4.69, 9.17) is 33.2 Å². The molecule has 11 N–H and O–H groups in total. The first-order chi connectivity index (χ1) is 22.7. The molecule has 0 saturated heterocycles. The van der Waals surface area contributed by atoms with Crippen LogP contribution in [0, 0.1) is 0 Å². The Morgan fingerprint density at radius 3 is 1.38 bits per heavy atom. The van der Waals surface area contributed by atoms with Crippen LogP contribution in [0.15, 0.2) is 12.3 Å². The van der Waals surface area contributed by atoms with Crippen LogP contribution in [0.5, 0.6) is 0 Å². The van der Waals surface area contributed by atoms with E-state index in [-0.39, 0.29) is 0 Å². The lowest BCUT2D eigenvalue weighted by molar-refractivity contribution is 0.304. The Balaban J connectivity index is 10.1. The van der Waals surface area contributed by atoms with E-state index in [9.17, 15) is 52.8 Å². The molecule has 279 valence electrons. The third kappa shape index (κ3) is 11.1. The fraction of sp³-hybridized carbons (Fsp3) is 0.818. The van der Waals surface area contributed by atoms with Crippen LogP contribution in [0.3, 0.4) is 0 Å². The Morgan fingerprint density at radius 1 is 0.600 bits per heavy atom. The third-order valence-electron chi connectivity index (χ3n) is 6.48. The molecule has 0 spiro atoms. The largest absolute Gasteiger partial charge is 0.437 e. The van der Waals surface area contributed by atoms with Gasteiger partial charge in [-0.2, -0.15) is 0 Å². The molecule has 0 aromatic heterocycles. The quantitative estimate of drug-likeness (QED) is 0.0341. The number of hydrogen-bond acceptors (Lipinski definition) is 19. The normalized spacial score (nSPS) is 19.9. The van der Waals surface area contributed by atoms with Gasteiger partial charge in [-0.1, -0.05) is 5.70 Å². The fourth-order valence-electron chi connectivity index (χ4n) is 4.94. The molecule has 5 atom stereocenters. The molecule has 0 aliphatic heterocycles. The minimum atomic E-state index is -5.63. The summed E-state index contributed by atoms with van der Waals surface area (Å²) < 4.78 is 51.7. The van der Waals surface area contributed by atoms with Gasteiger partial charge in [-0.3, -0.25) is 0 Å². The van der Waals surface area contributed by atoms with Crippen LogP contribution in [-0.4, -0.2) is 231 Å². The van der Waals surface area contributed by atoms with Crippen molar-refractivity contribution in [1.82, 2.24) is 0 Å². The average Bonchev–Trinajstić information content (AvgIpc) is 3.02. The highest BCUT2D eigenvalue weighted by Crippen LogP contribution is 2.48. The van der Waals surface area contributed by atoms with Crippen LogP contribution in [0.1, 0.15) is 0 Å². The summed E-state index contributed by atoms with van der Waals surface area (Å²) >= 11 is 0. The van der Waals surface area contributed by atoms with E-state index in [1.165, 1.54) is 19.6 Å². The smallest absolute Gasteiger partial charge is 0.420 e. The van der Waals surface area contributed by atoms with E-state index in [0.29, 0.717) is 0 Å². The van der Waals surface area contributed by atoms with Crippen molar-refractivity contribution in [3.8, 4) is 0 Å². The van der Waals surface area contributed by atoms with Crippen LogP contribution >= 0.6 is 0 Å². The Labute approximate surface area is 326 Å². The van der Waals surface area contributed by atoms with Gasteiger partial charge in [-0.25, -0.2) is 0 Å². The third-order valence-corrected chi connectivity index (χ3v) is 162. The lowest BCUT2D eigenvalue weighted by Crippen LogP contribution is -3.08. The van der Waals surface area contributed by atoms with Crippen LogP contribution < -0.4 is 0 Å². The van der Waals surface area contributed by atoms with Gasteiger partial charge < -0.3 is 86.0 Å². The van der Waals surface area contributed by atoms with E-state index in [1.54, 1.807) is 13.1 Å². The van der Waals surface area contributed by atoms with Gasteiger partial charge in [-0.15, -0.1) is 6.58 Å². The minimum Gasteiger partial charge on any atom is -0.437 e. The first kappa shape index (κ1) is 53.3. The Hall–Kier alpha value is 3.32. The Bertz CT molecular complexity index is 1040. The predicted molar refractivity (Wildman–Crippen MR) is 211 cm³/mol. The van der Waals surface area contributed by atoms with Crippen LogP contribution in [0.2, 0.25) is 52.4 Å². The molecule has 0 rings (SSSR count). The van der Waals surface area contributed by atoms with Crippen LogP contribution in [0.4, 0.5) is 0 Å². The summed E-state index contributed by atoms with van der Waals surface area (Å²) in [7, 11) is -33.7. The molecule has 0 fully saturated rings. The second kappa shape index (κ2) is 20.8. The summed E-state index contributed by atoms with van der Waals surface area (Å²) in [4.78, 5) is 124. The van der Waals surface area contributed by atoms with E-state index in [1.807, 2.05) is 19.6 Å². The minimum absolute atomic E-state index is 1.12. The summed E-state index contributed by atoms with van der Waals surface area (Å²) in [6.07, 6.45) is 0. The molecular weight excluding hydrogens is 998 g/mol. The van der Waals surface area contributed by atoms with Gasteiger partial charge in [0, 0.05) is 16.9 Å². The highest BCUT2D eigenvalue weighted by atomic mass is 30.4. The van der Waals surface area contributed by atoms with Gasteiger partial charge in [0.05, 0.1) is 0 Å². The number of hydrogen-bond donors (Lipinski definition) is 11. The van der Waals surface area contributed by atoms with Gasteiger partial charge in [0.1, 0.15) is 0 Å². The molecule has 0 amide bonds. The summed E-state index contributed by atoms with van der Waals surface area (Å²) in [5, 5.41) is 0. The van der Waals surface area contributed by atoms with Crippen molar-refractivity contribution in [2.24, 2.45) is 0 Å². The molecule has 0 aliphatic carbocycles. The SMILES string of the molecule is C=C[Si](C)(O)[Si](O[Si]O)([Si]O)[Si](O[Si](C)(C)O)([Si]([Si])(OC)[Si]O)[Si](O[Si](C)(C)O[Si](C)(C)C)(O[Si](O[Si]O)([Si]O)[Si]O)[Si](O[Si]O)([Si]O)[Si]O. The average molecular weight is 1040 g/mol. The van der Waals surface area contributed by atoms with Crippen molar-refractivity contribution in [1.29, 1.82) is 0 Å². The fourth-order valence-corrected chi connectivity index (χ4v) is 271. The zero-order chi connectivity index (χ0) is 39.7. The van der Waals surface area contributed by atoms with E-state index in [0.717, 1.165) is 12.8 Å². The molecule has 5 unspecified atom stereocenters. The molecular formula is C11H41O19Si20. The van der Waals surface area contributed by atoms with E-state index < -0.39 is 162 Å². The molecule has 21 radical (unpaired) electrons. The molecule has 0 heterocycles. The van der Waals surface area contributed by atoms with E-state index in [2.05, 4.69) is 16.3 Å². The van der Waals surface area contributed by atoms with Crippen molar-refractivity contribution < 1.29 is 86.0 Å². The maximum absolute atomic E-state index is 12.6. The first-order valence-electron chi connectivity index (χ1n) is 13.6. The maximum atomic E-state index is 12.6. The molecule has 0 aliphatic rings. The lowest BCUT2D eigenvalue weighted by Gasteiger charge is -2.65. The van der Waals surface area contributed by atoms with Crippen molar-refractivity contribution in [2.75, 3.05) is 7.11 Å². The first-order valence-corrected chi connectivity index (χ1v) is 57.2. The Kier molecular flexibility index (Phi) is 22.2. The van der Waals surface area contributed by atoms with Gasteiger partial charge in [0.15, 0.2) is 8.32 Å². The molecule has 0 saturated carbocycles. The van der Waals surface area contributed by atoms with Crippen molar-refractivity contribution in [3.63, 3.8) is 0 Å². The summed E-state index contributed by atoms with van der Waals surface area (Å²) in [5.74, 6) is 0. The summed E-state index contributed by atoms with van der Waals surface area (Å²) in [5.41, 5.74) is 1.12. The van der Waals surface area contributed by atoms with Gasteiger partial charge >= 0.3 is 62.3 Å². The topological polar surface area (TPSA) is 296 Å². The van der Waals surface area contributed by atoms with Crippen molar-refractivity contribution in [2.45, 2.75) is 52.4 Å². The number of rotatable bonds is 27. The summed E-state index contributed by atoms with van der Waals surface area (Å²) in [6.45, 7) is -3.70. The molecule has 0 bridgehead atoms. The van der Waals surface area contributed by atoms with Gasteiger partial charge in [0.25, 0.3) is 32.3 Å². The van der Waals surface area contributed by atoms with E-state index >= 15 is 0 Å². The predicted octanol–water partition coefficient (Wildman–Crippen LogP) is -8.78. The Morgan fingerprint density at radius 2 is 1.08 bits per heavy atom. The molecule has 39 heteroatoms. The molecule has 50 heavy (non-hydrogen) atoms. The highest BCUT2D eigenvalue weighted by molar-refractivity contribution is 8.16. The van der Waals surface area contributed by atoms with Crippen molar-refractivity contribution >= 4 is 171 Å². The molecule has 19 nitrogen and oxygen atoms in total. The molecule has 0 aromatic rings. The standard InChI is InChI=1S/C11H41O19Si20/c1-11-44(10,22)49(40-20,26-34-14)50(28-42(6,7)21,47(31,23-2)37-17)46(48(38-18,39-19)25-33-13,29-43(8,9)27-41(3,4)5)30-45(35-15,36-16)24-32-12/h11-22H,1H2,2-10H3. The van der Waals surface area contributed by atoms with Gasteiger partial charge in [0.2, 0.25) is 58.7 Å². The zero-order valence-corrected chi connectivity index (χ0v) is 48.5. The second-order valence-corrected chi connectivity index (χ2v) is 102. The summed E-state index contributed by atoms with van der Waals surface area (Å²) in [6, 6.07) is 0.